The number of amides is 4. The summed E-state index contributed by atoms with van der Waals surface area (Å²) in [6.07, 6.45) is -0.679. The van der Waals surface area contributed by atoms with Crippen LogP contribution in [-0.4, -0.2) is 34.9 Å². The van der Waals surface area contributed by atoms with E-state index in [2.05, 4.69) is 10.7 Å². The Kier molecular flexibility index (Phi) is 6.63. The van der Waals surface area contributed by atoms with Crippen molar-refractivity contribution in [3.63, 3.8) is 0 Å². The average Bonchev–Trinajstić information content (AvgIpc) is 2.93. The number of ether oxygens (including phenoxy) is 1. The lowest BCUT2D eigenvalue weighted by Crippen LogP contribution is -2.57. The molecule has 0 bridgehead atoms. The van der Waals surface area contributed by atoms with Gasteiger partial charge in [0.1, 0.15) is 12.6 Å². The highest BCUT2D eigenvalue weighted by molar-refractivity contribution is 6.25. The number of imide groups is 1. The Morgan fingerprint density at radius 3 is 1.89 bits per heavy atom. The van der Waals surface area contributed by atoms with Gasteiger partial charge in [-0.15, -0.1) is 0 Å². The zero-order chi connectivity index (χ0) is 25.8. The number of rotatable bonds is 7. The Morgan fingerprint density at radius 2 is 1.30 bits per heavy atom. The fraction of sp³-hybridized carbons (Fsp3) is 0.103. The van der Waals surface area contributed by atoms with E-state index >= 15 is 0 Å². The predicted molar refractivity (Wildman–Crippen MR) is 136 cm³/mol. The van der Waals surface area contributed by atoms with Gasteiger partial charge in [0.15, 0.2) is 0 Å². The van der Waals surface area contributed by atoms with Crippen LogP contribution >= 0.6 is 0 Å². The summed E-state index contributed by atoms with van der Waals surface area (Å²) in [5.41, 5.74) is 4.61. The maximum atomic E-state index is 13.3. The molecule has 8 nitrogen and oxygen atoms in total. The van der Waals surface area contributed by atoms with Crippen LogP contribution in [0.5, 0.6) is 0 Å². The fourth-order valence-corrected chi connectivity index (χ4v) is 4.29. The van der Waals surface area contributed by atoms with Gasteiger partial charge in [-0.25, -0.2) is 4.79 Å². The lowest BCUT2D eigenvalue weighted by atomic mass is 9.95. The van der Waals surface area contributed by atoms with Gasteiger partial charge >= 0.3 is 6.09 Å². The third-order valence-corrected chi connectivity index (χ3v) is 6.10. The van der Waals surface area contributed by atoms with Gasteiger partial charge in [-0.05, 0) is 28.6 Å². The standard InChI is InChI=1S/C29H23N3O5/c33-26(31-32-27(34)22-15-7-13-21-14-8-16-23(25(21)22)28(32)35)24(17-19-9-3-1-4-10-19)30-29(36)37-18-20-11-5-2-6-12-20/h1-16,24H,17-18H2,(H,30,36)(H,31,33)/t24-/m0/s1. The lowest BCUT2D eigenvalue weighted by Gasteiger charge is -2.29. The van der Waals surface area contributed by atoms with Crippen LogP contribution in [0.15, 0.2) is 97.1 Å². The van der Waals surface area contributed by atoms with E-state index in [9.17, 15) is 19.2 Å². The number of hydrogen-bond acceptors (Lipinski definition) is 5. The molecule has 1 aliphatic heterocycles. The van der Waals surface area contributed by atoms with Gasteiger partial charge in [0.25, 0.3) is 17.7 Å². The Bertz CT molecular complexity index is 1440. The number of nitrogens with zero attached hydrogens (tertiary/aromatic N) is 1. The number of benzene rings is 4. The predicted octanol–water partition coefficient (Wildman–Crippen LogP) is 4.00. The highest BCUT2D eigenvalue weighted by Gasteiger charge is 2.35. The lowest BCUT2D eigenvalue weighted by molar-refractivity contribution is -0.126. The van der Waals surface area contributed by atoms with Crippen molar-refractivity contribution >= 4 is 34.6 Å². The maximum absolute atomic E-state index is 13.3. The van der Waals surface area contributed by atoms with E-state index in [1.807, 2.05) is 72.8 Å². The largest absolute Gasteiger partial charge is 0.445 e. The van der Waals surface area contributed by atoms with E-state index in [1.165, 1.54) is 0 Å². The molecular formula is C29H23N3O5. The van der Waals surface area contributed by atoms with Crippen LogP contribution < -0.4 is 10.7 Å². The van der Waals surface area contributed by atoms with Crippen molar-refractivity contribution in [3.05, 3.63) is 119 Å². The van der Waals surface area contributed by atoms with Gasteiger partial charge in [-0.3, -0.25) is 19.8 Å². The summed E-state index contributed by atoms with van der Waals surface area (Å²) >= 11 is 0. The van der Waals surface area contributed by atoms with Gasteiger partial charge in [-0.2, -0.15) is 5.01 Å². The normalized spacial score (nSPS) is 13.2. The van der Waals surface area contributed by atoms with Gasteiger partial charge in [-0.1, -0.05) is 84.9 Å². The zero-order valence-electron chi connectivity index (χ0n) is 19.7. The SMILES string of the molecule is O=C(N[C@@H](Cc1ccccc1)C(=O)NN1C(=O)c2cccc3cccc(c23)C1=O)OCc1ccccc1. The third-order valence-electron chi connectivity index (χ3n) is 6.10. The molecule has 0 fully saturated rings. The highest BCUT2D eigenvalue weighted by atomic mass is 16.5. The number of hydrazine groups is 1. The molecule has 1 aliphatic rings. The minimum Gasteiger partial charge on any atom is -0.445 e. The molecule has 0 aromatic heterocycles. The molecule has 37 heavy (non-hydrogen) atoms. The quantitative estimate of drug-likeness (QED) is 0.379. The molecule has 0 saturated carbocycles. The first-order valence-electron chi connectivity index (χ1n) is 11.7. The van der Waals surface area contributed by atoms with Crippen molar-refractivity contribution in [3.8, 4) is 0 Å². The molecule has 4 aromatic rings. The number of carbonyl (C=O) groups is 4. The first kappa shape index (κ1) is 23.7. The Balaban J connectivity index is 1.35. The summed E-state index contributed by atoms with van der Waals surface area (Å²) in [5, 5.41) is 4.58. The molecule has 1 atom stereocenters. The summed E-state index contributed by atoms with van der Waals surface area (Å²) in [4.78, 5) is 52.3. The molecule has 0 radical (unpaired) electrons. The Hall–Kier alpha value is -4.98. The van der Waals surface area contributed by atoms with Crippen molar-refractivity contribution in [2.24, 2.45) is 0 Å². The van der Waals surface area contributed by atoms with Crippen LogP contribution in [-0.2, 0) is 22.6 Å². The minimum absolute atomic E-state index is 0.0240. The van der Waals surface area contributed by atoms with E-state index in [1.54, 1.807) is 24.3 Å². The van der Waals surface area contributed by atoms with Crippen molar-refractivity contribution < 1.29 is 23.9 Å². The van der Waals surface area contributed by atoms with Crippen LogP contribution in [0.25, 0.3) is 10.8 Å². The van der Waals surface area contributed by atoms with Gasteiger partial charge in [0.2, 0.25) is 0 Å². The van der Waals surface area contributed by atoms with Crippen LogP contribution in [0.1, 0.15) is 31.8 Å². The second-order valence-corrected chi connectivity index (χ2v) is 8.58. The monoisotopic (exact) mass is 493 g/mol. The van der Waals surface area contributed by atoms with Gasteiger partial charge in [0, 0.05) is 11.8 Å². The Labute approximate surface area is 212 Å². The fourth-order valence-electron chi connectivity index (χ4n) is 4.29. The molecule has 5 rings (SSSR count). The first-order chi connectivity index (χ1) is 18.0. The van der Waals surface area contributed by atoms with Crippen molar-refractivity contribution in [2.75, 3.05) is 0 Å². The first-order valence-corrected chi connectivity index (χ1v) is 11.7. The summed E-state index contributed by atoms with van der Waals surface area (Å²) in [6, 6.07) is 27.4. The zero-order valence-corrected chi connectivity index (χ0v) is 19.7. The summed E-state index contributed by atoms with van der Waals surface area (Å²) in [5.74, 6) is -2.02. The van der Waals surface area contributed by atoms with Crippen molar-refractivity contribution in [1.82, 2.24) is 15.8 Å². The summed E-state index contributed by atoms with van der Waals surface area (Å²) < 4.78 is 5.29. The molecule has 0 unspecified atom stereocenters. The summed E-state index contributed by atoms with van der Waals surface area (Å²) in [7, 11) is 0. The number of hydrogen-bond donors (Lipinski definition) is 2. The smallest absolute Gasteiger partial charge is 0.408 e. The molecule has 0 aliphatic carbocycles. The van der Waals surface area contributed by atoms with E-state index in [4.69, 9.17) is 4.74 Å². The molecule has 1 heterocycles. The molecular weight excluding hydrogens is 470 g/mol. The van der Waals surface area contributed by atoms with Crippen LogP contribution in [0.3, 0.4) is 0 Å². The molecule has 184 valence electrons. The van der Waals surface area contributed by atoms with Crippen molar-refractivity contribution in [1.29, 1.82) is 0 Å². The second kappa shape index (κ2) is 10.3. The molecule has 8 heteroatoms. The van der Waals surface area contributed by atoms with E-state index in [0.29, 0.717) is 21.5 Å². The van der Waals surface area contributed by atoms with E-state index in [-0.39, 0.29) is 13.0 Å². The van der Waals surface area contributed by atoms with E-state index in [0.717, 1.165) is 16.5 Å². The van der Waals surface area contributed by atoms with Crippen LogP contribution in [0.4, 0.5) is 4.79 Å². The molecule has 0 spiro atoms. The molecule has 2 N–H and O–H groups in total. The van der Waals surface area contributed by atoms with Crippen LogP contribution in [0.2, 0.25) is 0 Å². The Morgan fingerprint density at radius 1 is 0.730 bits per heavy atom. The number of carbonyl (C=O) groups excluding carboxylic acids is 4. The van der Waals surface area contributed by atoms with Gasteiger partial charge < -0.3 is 10.1 Å². The van der Waals surface area contributed by atoms with Crippen LogP contribution in [0, 0.1) is 0 Å². The second-order valence-electron chi connectivity index (χ2n) is 8.58. The number of nitrogens with one attached hydrogen (secondary N) is 2. The minimum atomic E-state index is -1.11. The van der Waals surface area contributed by atoms with E-state index < -0.39 is 29.9 Å². The van der Waals surface area contributed by atoms with Crippen molar-refractivity contribution in [2.45, 2.75) is 19.1 Å². The highest BCUT2D eigenvalue weighted by Crippen LogP contribution is 2.29. The molecule has 4 aromatic carbocycles. The molecule has 0 saturated heterocycles. The van der Waals surface area contributed by atoms with Gasteiger partial charge in [0.05, 0.1) is 11.1 Å². The number of alkyl carbamates (subject to hydrolysis) is 1. The maximum Gasteiger partial charge on any atom is 0.408 e. The third kappa shape index (κ3) is 5.04. The average molecular weight is 494 g/mol. The molecule has 4 amide bonds. The summed E-state index contributed by atoms with van der Waals surface area (Å²) in [6.45, 7) is 0.0240. The topological polar surface area (TPSA) is 105 Å².